The van der Waals surface area contributed by atoms with Crippen LogP contribution < -0.4 is 27.4 Å². The number of amides is 4. The van der Waals surface area contributed by atoms with Gasteiger partial charge in [0.2, 0.25) is 23.6 Å². The minimum atomic E-state index is -1.12. The highest BCUT2D eigenvalue weighted by atomic mass is 16.2. The first kappa shape index (κ1) is 31.0. The third kappa shape index (κ3) is 9.27. The third-order valence-corrected chi connectivity index (χ3v) is 7.24. The first-order valence-electron chi connectivity index (χ1n) is 14.4. The van der Waals surface area contributed by atoms with E-state index in [1.165, 1.54) is 0 Å². The van der Waals surface area contributed by atoms with E-state index in [2.05, 4.69) is 20.9 Å². The van der Waals surface area contributed by atoms with E-state index in [4.69, 9.17) is 11.5 Å². The minimum absolute atomic E-state index is 0.0413. The molecule has 224 valence electrons. The van der Waals surface area contributed by atoms with Crippen molar-refractivity contribution in [2.24, 2.45) is 11.5 Å². The Hall–Kier alpha value is -4.96. The van der Waals surface area contributed by atoms with Crippen molar-refractivity contribution in [3.63, 3.8) is 0 Å². The summed E-state index contributed by atoms with van der Waals surface area (Å²) in [6, 6.07) is 23.7. The fraction of sp³-hybridized carbons (Fsp3) is 0.273. The first-order valence-corrected chi connectivity index (χ1v) is 14.4. The molecule has 3 atom stereocenters. The maximum absolute atomic E-state index is 13.6. The summed E-state index contributed by atoms with van der Waals surface area (Å²) in [6.45, 7) is 0.374. The van der Waals surface area contributed by atoms with Gasteiger partial charge in [0.25, 0.3) is 0 Å². The molecule has 0 aliphatic carbocycles. The van der Waals surface area contributed by atoms with E-state index in [9.17, 15) is 19.2 Å². The molecule has 43 heavy (non-hydrogen) atoms. The summed E-state index contributed by atoms with van der Waals surface area (Å²) in [7, 11) is 0. The lowest BCUT2D eigenvalue weighted by molar-refractivity contribution is -0.132. The maximum Gasteiger partial charge on any atom is 0.243 e. The summed E-state index contributed by atoms with van der Waals surface area (Å²) >= 11 is 0. The fourth-order valence-electron chi connectivity index (χ4n) is 4.89. The summed E-state index contributed by atoms with van der Waals surface area (Å²) in [6.07, 6.45) is 2.73. The quantitative estimate of drug-likeness (QED) is 0.125. The van der Waals surface area contributed by atoms with Crippen molar-refractivity contribution in [3.05, 3.63) is 108 Å². The Balaban J connectivity index is 1.48. The Kier molecular flexibility index (Phi) is 11.0. The second kappa shape index (κ2) is 15.3. The molecule has 0 bridgehead atoms. The van der Waals surface area contributed by atoms with Crippen LogP contribution in [0.1, 0.15) is 29.5 Å². The summed E-state index contributed by atoms with van der Waals surface area (Å²) in [5.41, 5.74) is 15.2. The molecule has 3 aromatic carbocycles. The van der Waals surface area contributed by atoms with Gasteiger partial charge in [-0.1, -0.05) is 78.9 Å². The molecular formula is C33H38N6O4. The zero-order valence-electron chi connectivity index (χ0n) is 23.9. The Morgan fingerprint density at radius 3 is 2.05 bits per heavy atom. The number of carbonyl (C=O) groups is 4. The molecule has 4 aromatic rings. The maximum atomic E-state index is 13.6. The number of carbonyl (C=O) groups excluding carboxylic acids is 4. The van der Waals surface area contributed by atoms with Crippen molar-refractivity contribution in [2.45, 2.75) is 50.2 Å². The topological polar surface area (TPSA) is 172 Å². The average molecular weight is 583 g/mol. The number of aromatic nitrogens is 1. The predicted molar refractivity (Wildman–Crippen MR) is 166 cm³/mol. The second-order valence-corrected chi connectivity index (χ2v) is 10.5. The molecule has 1 heterocycles. The monoisotopic (exact) mass is 582 g/mol. The van der Waals surface area contributed by atoms with Crippen LogP contribution in [0.15, 0.2) is 91.1 Å². The summed E-state index contributed by atoms with van der Waals surface area (Å²) in [5.74, 6) is -2.14. The van der Waals surface area contributed by atoms with Crippen LogP contribution in [0.2, 0.25) is 0 Å². The standard InChI is InChI=1S/C33H38N6O4/c34-26(19-23-11-5-2-6-12-23)31(41)38-28(15-16-30(35)40)33(43)39-29(20-24-21-37-27-14-8-7-13-25(24)27)32(42)36-18-17-22-9-3-1-4-10-22/h1-14,21,26,28-29,37H,15-20,34H2,(H2,35,40)(H,36,42)(H,38,41)(H,39,43)/t26-,28+,29+/m1/s1. The smallest absolute Gasteiger partial charge is 0.243 e. The molecule has 10 nitrogen and oxygen atoms in total. The lowest BCUT2D eigenvalue weighted by atomic mass is 10.0. The van der Waals surface area contributed by atoms with Crippen LogP contribution in [0, 0.1) is 0 Å². The molecule has 0 radical (unpaired) electrons. The molecule has 0 saturated heterocycles. The van der Waals surface area contributed by atoms with E-state index >= 15 is 0 Å². The number of hydrogen-bond acceptors (Lipinski definition) is 5. The van der Waals surface area contributed by atoms with Gasteiger partial charge in [0.15, 0.2) is 0 Å². The molecule has 8 N–H and O–H groups in total. The number of rotatable bonds is 15. The number of fused-ring (bicyclic) bond motifs is 1. The number of para-hydroxylation sites is 1. The van der Waals surface area contributed by atoms with Crippen LogP contribution in [-0.2, 0) is 38.4 Å². The molecule has 0 unspecified atom stereocenters. The number of hydrogen-bond donors (Lipinski definition) is 6. The van der Waals surface area contributed by atoms with Gasteiger partial charge < -0.3 is 32.4 Å². The lowest BCUT2D eigenvalue weighted by Gasteiger charge is -2.24. The molecule has 10 heteroatoms. The molecule has 1 aromatic heterocycles. The Morgan fingerprint density at radius 2 is 1.35 bits per heavy atom. The number of aromatic amines is 1. The zero-order chi connectivity index (χ0) is 30.6. The van der Waals surface area contributed by atoms with Crippen molar-refractivity contribution in [2.75, 3.05) is 6.54 Å². The van der Waals surface area contributed by atoms with Crippen molar-refractivity contribution in [1.82, 2.24) is 20.9 Å². The van der Waals surface area contributed by atoms with Gasteiger partial charge in [-0.05, 0) is 42.0 Å². The molecule has 4 rings (SSSR count). The molecule has 0 spiro atoms. The van der Waals surface area contributed by atoms with Crippen LogP contribution in [0.25, 0.3) is 10.9 Å². The normalized spacial score (nSPS) is 13.0. The predicted octanol–water partition coefficient (Wildman–Crippen LogP) is 1.87. The highest BCUT2D eigenvalue weighted by molar-refractivity contribution is 5.94. The van der Waals surface area contributed by atoms with Gasteiger partial charge >= 0.3 is 0 Å². The number of benzene rings is 3. The van der Waals surface area contributed by atoms with Gasteiger partial charge in [0.05, 0.1) is 6.04 Å². The minimum Gasteiger partial charge on any atom is -0.370 e. The molecule has 4 amide bonds. The van der Waals surface area contributed by atoms with Crippen molar-refractivity contribution >= 4 is 34.5 Å². The molecule has 0 aliphatic heterocycles. The highest BCUT2D eigenvalue weighted by Gasteiger charge is 2.29. The Morgan fingerprint density at radius 1 is 0.721 bits per heavy atom. The second-order valence-electron chi connectivity index (χ2n) is 10.5. The third-order valence-electron chi connectivity index (χ3n) is 7.24. The van der Waals surface area contributed by atoms with Gasteiger partial charge in [-0.25, -0.2) is 0 Å². The van der Waals surface area contributed by atoms with E-state index in [0.717, 1.165) is 27.6 Å². The molecular weight excluding hydrogens is 544 g/mol. The fourth-order valence-corrected chi connectivity index (χ4v) is 4.89. The molecule has 0 fully saturated rings. The summed E-state index contributed by atoms with van der Waals surface area (Å²) in [5, 5.41) is 9.34. The van der Waals surface area contributed by atoms with Crippen LogP contribution in [0.5, 0.6) is 0 Å². The van der Waals surface area contributed by atoms with E-state index in [-0.39, 0.29) is 31.6 Å². The summed E-state index contributed by atoms with van der Waals surface area (Å²) < 4.78 is 0. The van der Waals surface area contributed by atoms with Crippen molar-refractivity contribution in [1.29, 1.82) is 0 Å². The Labute approximate surface area is 250 Å². The van der Waals surface area contributed by atoms with E-state index in [1.54, 1.807) is 0 Å². The number of nitrogens with two attached hydrogens (primary N) is 2. The van der Waals surface area contributed by atoms with Gasteiger partial charge in [-0.3, -0.25) is 19.2 Å². The van der Waals surface area contributed by atoms with Crippen molar-refractivity contribution < 1.29 is 19.2 Å². The first-order chi connectivity index (χ1) is 20.8. The van der Waals surface area contributed by atoms with E-state index in [0.29, 0.717) is 13.0 Å². The summed E-state index contributed by atoms with van der Waals surface area (Å²) in [4.78, 5) is 54.8. The van der Waals surface area contributed by atoms with Gasteiger partial charge in [-0.15, -0.1) is 0 Å². The number of primary amides is 1. The van der Waals surface area contributed by atoms with E-state index < -0.39 is 35.8 Å². The number of nitrogens with one attached hydrogen (secondary N) is 4. The SMILES string of the molecule is NC(=O)CC[C@H](NC(=O)[C@H](N)Cc1ccccc1)C(=O)N[C@@H](Cc1c[nH]c2ccccc12)C(=O)NCCc1ccccc1. The lowest BCUT2D eigenvalue weighted by Crippen LogP contribution is -2.56. The van der Waals surface area contributed by atoms with Crippen molar-refractivity contribution in [3.8, 4) is 0 Å². The van der Waals surface area contributed by atoms with Crippen LogP contribution >= 0.6 is 0 Å². The van der Waals surface area contributed by atoms with Crippen LogP contribution in [0.3, 0.4) is 0 Å². The largest absolute Gasteiger partial charge is 0.370 e. The zero-order valence-corrected chi connectivity index (χ0v) is 23.9. The van der Waals surface area contributed by atoms with Gasteiger partial charge in [0.1, 0.15) is 12.1 Å². The number of H-pyrrole nitrogens is 1. The van der Waals surface area contributed by atoms with Crippen LogP contribution in [0.4, 0.5) is 0 Å². The Bertz CT molecular complexity index is 1520. The van der Waals surface area contributed by atoms with Gasteiger partial charge in [-0.2, -0.15) is 0 Å². The highest BCUT2D eigenvalue weighted by Crippen LogP contribution is 2.19. The van der Waals surface area contributed by atoms with Gasteiger partial charge in [0, 0.05) is 36.5 Å². The average Bonchev–Trinajstić information content (AvgIpc) is 3.42. The van der Waals surface area contributed by atoms with E-state index in [1.807, 2.05) is 91.1 Å². The van der Waals surface area contributed by atoms with Crippen LogP contribution in [-0.4, -0.2) is 53.3 Å². The molecule has 0 aliphatic rings. The molecule has 0 saturated carbocycles.